The first-order valence-electron chi connectivity index (χ1n) is 4.09. The standard InChI is InChI=1S/C10H10O6/c1-5(2)7(11)15-9(13)10(14)16-8(12)6(3)4/h1,3H2,2,4H3. The number of rotatable bonds is 2. The lowest BCUT2D eigenvalue weighted by Gasteiger charge is -2.01. The Kier molecular flexibility index (Phi) is 4.81. The van der Waals surface area contributed by atoms with Gasteiger partial charge in [0.2, 0.25) is 0 Å². The van der Waals surface area contributed by atoms with Gasteiger partial charge in [0.05, 0.1) is 0 Å². The van der Waals surface area contributed by atoms with Crippen molar-refractivity contribution in [3.05, 3.63) is 24.3 Å². The van der Waals surface area contributed by atoms with Crippen LogP contribution in [-0.4, -0.2) is 23.9 Å². The van der Waals surface area contributed by atoms with Crippen molar-refractivity contribution in [2.45, 2.75) is 13.8 Å². The molecule has 6 nitrogen and oxygen atoms in total. The zero-order valence-electron chi connectivity index (χ0n) is 8.86. The SMILES string of the molecule is C=C(C)C(=O)OC(=O)C(=O)OC(=O)C(=C)C. The van der Waals surface area contributed by atoms with Crippen LogP contribution in [0, 0.1) is 0 Å². The zero-order chi connectivity index (χ0) is 12.9. The second-order valence-electron chi connectivity index (χ2n) is 2.91. The molecule has 86 valence electrons. The highest BCUT2D eigenvalue weighted by atomic mass is 16.6. The van der Waals surface area contributed by atoms with Crippen LogP contribution in [0.1, 0.15) is 13.8 Å². The highest BCUT2D eigenvalue weighted by molar-refractivity contribution is 6.34. The van der Waals surface area contributed by atoms with Gasteiger partial charge in [0.15, 0.2) is 0 Å². The Hall–Kier alpha value is -2.24. The van der Waals surface area contributed by atoms with E-state index < -0.39 is 23.9 Å². The van der Waals surface area contributed by atoms with Gasteiger partial charge in [0, 0.05) is 11.1 Å². The summed E-state index contributed by atoms with van der Waals surface area (Å²) in [5.74, 6) is -5.29. The third-order valence-corrected chi connectivity index (χ3v) is 1.23. The van der Waals surface area contributed by atoms with Crippen molar-refractivity contribution in [3.63, 3.8) is 0 Å². The minimum absolute atomic E-state index is 0.0626. The molecule has 0 aliphatic heterocycles. The Balaban J connectivity index is 4.37. The van der Waals surface area contributed by atoms with Gasteiger partial charge in [-0.05, 0) is 13.8 Å². The first-order chi connectivity index (χ1) is 7.25. The fraction of sp³-hybridized carbons (Fsp3) is 0.200. The Morgan fingerprint density at radius 1 is 0.688 bits per heavy atom. The van der Waals surface area contributed by atoms with Crippen molar-refractivity contribution >= 4 is 23.9 Å². The molecule has 0 bridgehead atoms. The van der Waals surface area contributed by atoms with Gasteiger partial charge < -0.3 is 9.47 Å². The number of ether oxygens (including phenoxy) is 2. The molecule has 0 unspecified atom stereocenters. The molecule has 0 aromatic heterocycles. The van der Waals surface area contributed by atoms with E-state index >= 15 is 0 Å². The van der Waals surface area contributed by atoms with E-state index in [1.165, 1.54) is 13.8 Å². The van der Waals surface area contributed by atoms with Gasteiger partial charge in [0.1, 0.15) is 0 Å². The average molecular weight is 226 g/mol. The molecule has 0 heterocycles. The molecule has 16 heavy (non-hydrogen) atoms. The number of hydrogen-bond donors (Lipinski definition) is 0. The topological polar surface area (TPSA) is 86.7 Å². The van der Waals surface area contributed by atoms with Crippen molar-refractivity contribution < 1.29 is 28.7 Å². The summed E-state index contributed by atoms with van der Waals surface area (Å²) in [6, 6.07) is 0. The predicted molar refractivity (Wildman–Crippen MR) is 51.8 cm³/mol. The van der Waals surface area contributed by atoms with Gasteiger partial charge in [-0.25, -0.2) is 19.2 Å². The maximum atomic E-state index is 10.9. The minimum Gasteiger partial charge on any atom is -0.381 e. The molecule has 6 heteroatoms. The summed E-state index contributed by atoms with van der Waals surface area (Å²) in [7, 11) is 0. The fourth-order valence-electron chi connectivity index (χ4n) is 0.426. The zero-order valence-corrected chi connectivity index (χ0v) is 8.86. The van der Waals surface area contributed by atoms with Crippen molar-refractivity contribution in [2.75, 3.05) is 0 Å². The molecule has 0 amide bonds. The van der Waals surface area contributed by atoms with Crippen molar-refractivity contribution in [3.8, 4) is 0 Å². The summed E-state index contributed by atoms with van der Waals surface area (Å²) in [5.41, 5.74) is -0.125. The molecular weight excluding hydrogens is 216 g/mol. The largest absolute Gasteiger partial charge is 0.425 e. The van der Waals surface area contributed by atoms with Crippen LogP contribution >= 0.6 is 0 Å². The van der Waals surface area contributed by atoms with Crippen LogP contribution < -0.4 is 0 Å². The Morgan fingerprint density at radius 3 is 1.12 bits per heavy atom. The van der Waals surface area contributed by atoms with Crippen LogP contribution in [0.3, 0.4) is 0 Å². The summed E-state index contributed by atoms with van der Waals surface area (Å²) < 4.78 is 8.04. The molecule has 0 atom stereocenters. The smallest absolute Gasteiger partial charge is 0.381 e. The molecule has 0 N–H and O–H groups in total. The molecule has 0 aliphatic rings. The van der Waals surface area contributed by atoms with Crippen molar-refractivity contribution in [1.29, 1.82) is 0 Å². The van der Waals surface area contributed by atoms with Crippen LogP contribution in [-0.2, 0) is 28.7 Å². The fourth-order valence-corrected chi connectivity index (χ4v) is 0.426. The summed E-state index contributed by atoms with van der Waals surface area (Å²) in [5, 5.41) is 0. The lowest BCUT2D eigenvalue weighted by atomic mass is 10.4. The van der Waals surface area contributed by atoms with Gasteiger partial charge in [-0.1, -0.05) is 13.2 Å². The third kappa shape index (κ3) is 4.32. The predicted octanol–water partition coefficient (Wildman–Crippen LogP) is 0.278. The van der Waals surface area contributed by atoms with E-state index in [1.54, 1.807) is 0 Å². The molecule has 0 aromatic carbocycles. The molecule has 0 aliphatic carbocycles. The van der Waals surface area contributed by atoms with Crippen LogP contribution in [0.25, 0.3) is 0 Å². The molecule has 0 saturated carbocycles. The summed E-state index contributed by atoms with van der Waals surface area (Å²) in [6.07, 6.45) is 0. The lowest BCUT2D eigenvalue weighted by molar-refractivity contribution is -0.175. The second kappa shape index (κ2) is 5.59. The van der Waals surface area contributed by atoms with Gasteiger partial charge in [-0.2, -0.15) is 0 Å². The van der Waals surface area contributed by atoms with Gasteiger partial charge >= 0.3 is 23.9 Å². The van der Waals surface area contributed by atoms with Crippen LogP contribution in [0.15, 0.2) is 24.3 Å². The molecule has 0 fully saturated rings. The van der Waals surface area contributed by atoms with Crippen molar-refractivity contribution in [1.82, 2.24) is 0 Å². The maximum absolute atomic E-state index is 10.9. The highest BCUT2D eigenvalue weighted by Gasteiger charge is 2.24. The Labute approximate surface area is 91.5 Å². The van der Waals surface area contributed by atoms with E-state index in [0.29, 0.717) is 0 Å². The first-order valence-corrected chi connectivity index (χ1v) is 4.09. The van der Waals surface area contributed by atoms with E-state index in [0.717, 1.165) is 0 Å². The second-order valence-corrected chi connectivity index (χ2v) is 2.91. The highest BCUT2D eigenvalue weighted by Crippen LogP contribution is 1.97. The number of carbonyl (C=O) groups is 4. The van der Waals surface area contributed by atoms with E-state index in [9.17, 15) is 19.2 Å². The van der Waals surface area contributed by atoms with Crippen LogP contribution in [0.4, 0.5) is 0 Å². The lowest BCUT2D eigenvalue weighted by Crippen LogP contribution is -2.26. The number of hydrogen-bond acceptors (Lipinski definition) is 6. The van der Waals surface area contributed by atoms with Crippen molar-refractivity contribution in [2.24, 2.45) is 0 Å². The van der Waals surface area contributed by atoms with Crippen LogP contribution in [0.2, 0.25) is 0 Å². The van der Waals surface area contributed by atoms with Gasteiger partial charge in [-0.15, -0.1) is 0 Å². The molecule has 0 saturated heterocycles. The quantitative estimate of drug-likeness (QED) is 0.291. The van der Waals surface area contributed by atoms with E-state index in [1.807, 2.05) is 0 Å². The Morgan fingerprint density at radius 2 is 0.938 bits per heavy atom. The van der Waals surface area contributed by atoms with Gasteiger partial charge in [0.25, 0.3) is 0 Å². The summed E-state index contributed by atoms with van der Waals surface area (Å²) in [6.45, 7) is 8.98. The molecular formula is C10H10O6. The molecule has 0 spiro atoms. The van der Waals surface area contributed by atoms with E-state index in [-0.39, 0.29) is 11.1 Å². The summed E-state index contributed by atoms with van der Waals surface area (Å²) >= 11 is 0. The monoisotopic (exact) mass is 226 g/mol. The number of esters is 4. The third-order valence-electron chi connectivity index (χ3n) is 1.23. The Bertz CT molecular complexity index is 352. The molecule has 0 rings (SSSR count). The van der Waals surface area contributed by atoms with Gasteiger partial charge in [-0.3, -0.25) is 0 Å². The van der Waals surface area contributed by atoms with E-state index in [4.69, 9.17) is 0 Å². The average Bonchev–Trinajstić information content (AvgIpc) is 2.16. The number of carbonyl (C=O) groups excluding carboxylic acids is 4. The minimum atomic E-state index is -1.58. The normalized spacial score (nSPS) is 8.88. The van der Waals surface area contributed by atoms with E-state index in [2.05, 4.69) is 22.6 Å². The summed E-state index contributed by atoms with van der Waals surface area (Å²) in [4.78, 5) is 43.4. The molecule has 0 aromatic rings. The van der Waals surface area contributed by atoms with Crippen LogP contribution in [0.5, 0.6) is 0 Å². The first kappa shape index (κ1) is 13.8. The molecule has 0 radical (unpaired) electrons. The maximum Gasteiger partial charge on any atom is 0.425 e.